The fourth-order valence-corrected chi connectivity index (χ4v) is 9.50. The second-order valence-corrected chi connectivity index (χ2v) is 13.2. The van der Waals surface area contributed by atoms with Crippen molar-refractivity contribution in [1.82, 2.24) is 18.3 Å². The highest BCUT2D eigenvalue weighted by Crippen LogP contribution is 2.48. The molecule has 7 nitrogen and oxygen atoms in total. The van der Waals surface area contributed by atoms with Crippen LogP contribution in [0.2, 0.25) is 0 Å². The molecule has 2 aliphatic carbocycles. The lowest BCUT2D eigenvalue weighted by Crippen LogP contribution is -2.34. The molecule has 8 rings (SSSR count). The van der Waals surface area contributed by atoms with Crippen LogP contribution in [-0.4, -0.2) is 41.8 Å². The fraction of sp³-hybridized carbons (Fsp3) is 0.286. The number of rotatable bonds is 2. The largest absolute Gasteiger partial charge is 0.391 e. The second kappa shape index (κ2) is 8.73. The average Bonchev–Trinajstić information content (AvgIpc) is 3.76. The van der Waals surface area contributed by atoms with E-state index in [9.17, 15) is 22.8 Å². The van der Waals surface area contributed by atoms with Crippen LogP contribution in [-0.2, 0) is 16.6 Å². The monoisotopic (exact) mass is 609 g/mol. The van der Waals surface area contributed by atoms with Crippen molar-refractivity contribution in [1.29, 1.82) is 0 Å². The van der Waals surface area contributed by atoms with Crippen molar-refractivity contribution in [3.8, 4) is 10.6 Å². The summed E-state index contributed by atoms with van der Waals surface area (Å²) in [6.07, 6.45) is -3.29. The average molecular weight is 610 g/mol. The number of benzene rings is 1. The minimum absolute atomic E-state index is 0.0125. The van der Waals surface area contributed by atoms with Crippen molar-refractivity contribution >= 4 is 98.9 Å². The number of hydrogen-bond acceptors (Lipinski definition) is 9. The molecule has 2 aliphatic rings. The van der Waals surface area contributed by atoms with Crippen molar-refractivity contribution in [2.75, 3.05) is 0 Å². The summed E-state index contributed by atoms with van der Waals surface area (Å²) in [7, 11) is 2.06. The molecule has 1 aromatic carbocycles. The summed E-state index contributed by atoms with van der Waals surface area (Å²) in [4.78, 5) is 35.6. The zero-order chi connectivity index (χ0) is 28.2. The number of alkyl halides is 3. The summed E-state index contributed by atoms with van der Waals surface area (Å²) in [6, 6.07) is 10.4. The van der Waals surface area contributed by atoms with Crippen LogP contribution >= 0.6 is 34.4 Å². The molecule has 0 N–H and O–H groups in total. The Morgan fingerprint density at radius 1 is 1.02 bits per heavy atom. The van der Waals surface area contributed by atoms with Gasteiger partial charge < -0.3 is 4.57 Å². The van der Waals surface area contributed by atoms with Gasteiger partial charge in [0.05, 0.1) is 54.9 Å². The van der Waals surface area contributed by atoms with Crippen LogP contribution in [0.3, 0.4) is 0 Å². The molecule has 3 unspecified atom stereocenters. The Morgan fingerprint density at radius 2 is 1.83 bits per heavy atom. The number of thiophene rings is 2. The van der Waals surface area contributed by atoms with Gasteiger partial charge in [-0.2, -0.15) is 21.9 Å². The lowest BCUT2D eigenvalue weighted by atomic mass is 9.75. The second-order valence-electron chi connectivity index (χ2n) is 10.6. The first-order chi connectivity index (χ1) is 19.7. The number of halogens is 3. The molecule has 0 spiro atoms. The Labute approximate surface area is 241 Å². The minimum Gasteiger partial charge on any atom is -0.342 e. The van der Waals surface area contributed by atoms with E-state index in [1.165, 1.54) is 26.5 Å². The van der Waals surface area contributed by atoms with E-state index in [4.69, 9.17) is 0 Å². The van der Waals surface area contributed by atoms with Gasteiger partial charge in [-0.05, 0) is 31.4 Å². The fourth-order valence-electron chi connectivity index (χ4n) is 6.38. The number of hydrogen-bond donors (Lipinski definition) is 0. The smallest absolute Gasteiger partial charge is 0.342 e. The molecule has 13 heteroatoms. The number of carbonyl (C=O) groups excluding carboxylic acids is 2. The van der Waals surface area contributed by atoms with E-state index in [0.29, 0.717) is 22.4 Å². The maximum absolute atomic E-state index is 13.3. The summed E-state index contributed by atoms with van der Waals surface area (Å²) < 4.78 is 54.7. The lowest BCUT2D eigenvalue weighted by Gasteiger charge is -2.31. The molecule has 3 atom stereocenters. The Hall–Kier alpha value is -3.55. The minimum atomic E-state index is -4.39. The highest BCUT2D eigenvalue weighted by Gasteiger charge is 2.54. The van der Waals surface area contributed by atoms with Gasteiger partial charge in [0.1, 0.15) is 22.4 Å². The number of fused-ring (bicyclic) bond motifs is 7. The normalized spacial score (nSPS) is 22.7. The molecule has 2 saturated carbocycles. The van der Waals surface area contributed by atoms with E-state index >= 15 is 0 Å². The van der Waals surface area contributed by atoms with Crippen LogP contribution < -0.4 is 0 Å². The molecule has 0 radical (unpaired) electrons. The van der Waals surface area contributed by atoms with Gasteiger partial charge in [-0.1, -0.05) is 18.2 Å². The number of aromatic nitrogens is 4. The van der Waals surface area contributed by atoms with E-state index < -0.39 is 35.5 Å². The number of ketones is 2. The molecule has 2 fully saturated rings. The van der Waals surface area contributed by atoms with Gasteiger partial charge in [0.25, 0.3) is 0 Å². The number of nitrogens with zero attached hydrogens (tertiary/aromatic N) is 5. The third kappa shape index (κ3) is 3.61. The first kappa shape index (κ1) is 25.2. The van der Waals surface area contributed by atoms with E-state index in [0.717, 1.165) is 26.8 Å². The van der Waals surface area contributed by atoms with Gasteiger partial charge in [0.15, 0.2) is 0 Å². The summed E-state index contributed by atoms with van der Waals surface area (Å²) in [5.74, 6) is -4.77. The molecule has 5 aromatic heterocycles. The topological polar surface area (TPSA) is 90.1 Å². The first-order valence-corrected chi connectivity index (χ1v) is 15.3. The summed E-state index contributed by atoms with van der Waals surface area (Å²) in [5, 5.41) is 1.22. The van der Waals surface area contributed by atoms with Crippen molar-refractivity contribution in [2.45, 2.75) is 25.4 Å². The van der Waals surface area contributed by atoms with E-state index in [-0.39, 0.29) is 25.0 Å². The van der Waals surface area contributed by atoms with Crippen molar-refractivity contribution in [3.05, 3.63) is 36.5 Å². The predicted octanol–water partition coefficient (Wildman–Crippen LogP) is 7.49. The molecule has 0 amide bonds. The molecule has 5 heterocycles. The molecule has 0 aliphatic heterocycles. The van der Waals surface area contributed by atoms with Crippen LogP contribution in [0.25, 0.3) is 52.1 Å². The van der Waals surface area contributed by atoms with Crippen molar-refractivity contribution in [3.63, 3.8) is 0 Å². The summed E-state index contributed by atoms with van der Waals surface area (Å²) in [6.45, 7) is 0. The highest BCUT2D eigenvalue weighted by atomic mass is 32.1. The van der Waals surface area contributed by atoms with Gasteiger partial charge in [0, 0.05) is 29.0 Å². The highest BCUT2D eigenvalue weighted by molar-refractivity contribution is 7.32. The van der Waals surface area contributed by atoms with Crippen LogP contribution in [0.1, 0.15) is 19.3 Å². The molecular formula is C28H18F3N5O2S3. The van der Waals surface area contributed by atoms with Gasteiger partial charge in [-0.25, -0.2) is 4.99 Å². The van der Waals surface area contributed by atoms with Crippen molar-refractivity contribution < 1.29 is 22.8 Å². The van der Waals surface area contributed by atoms with Gasteiger partial charge in [0.2, 0.25) is 11.6 Å². The molecule has 6 aromatic rings. The van der Waals surface area contributed by atoms with Gasteiger partial charge in [-0.3, -0.25) is 14.6 Å². The maximum atomic E-state index is 13.3. The number of carbonyl (C=O) groups is 2. The number of pyridine rings is 1. The number of aliphatic imine (C=N–C) groups is 1. The van der Waals surface area contributed by atoms with Gasteiger partial charge >= 0.3 is 6.18 Å². The van der Waals surface area contributed by atoms with Crippen LogP contribution in [0.5, 0.6) is 0 Å². The first-order valence-electron chi connectivity index (χ1n) is 13.0. The number of aryl methyl sites for hydroxylation is 1. The Balaban J connectivity index is 1.20. The Kier molecular flexibility index (Phi) is 5.36. The quantitative estimate of drug-likeness (QED) is 0.190. The zero-order valence-electron chi connectivity index (χ0n) is 21.2. The van der Waals surface area contributed by atoms with Crippen LogP contribution in [0.15, 0.2) is 41.5 Å². The van der Waals surface area contributed by atoms with Crippen molar-refractivity contribution in [2.24, 2.45) is 29.8 Å². The third-order valence-electron chi connectivity index (χ3n) is 8.39. The Morgan fingerprint density at radius 3 is 2.66 bits per heavy atom. The summed E-state index contributed by atoms with van der Waals surface area (Å²) in [5.41, 5.74) is 4.23. The molecule has 0 saturated heterocycles. The summed E-state index contributed by atoms with van der Waals surface area (Å²) >= 11 is 4.38. The predicted molar refractivity (Wildman–Crippen MR) is 155 cm³/mol. The maximum Gasteiger partial charge on any atom is 0.391 e. The Bertz CT molecular complexity index is 2120. The SMILES string of the molecule is Cn1c2cc(-c3ncc(N=C4C(=O)C(=O)C5CC(C(F)(F)F)CCC45)c4nsnc34)sc2c2sc3ccccc3c21. The van der Waals surface area contributed by atoms with E-state index in [1.807, 2.05) is 12.1 Å². The van der Waals surface area contributed by atoms with Gasteiger partial charge in [-0.15, -0.1) is 22.7 Å². The zero-order valence-corrected chi connectivity index (χ0v) is 23.7. The molecule has 206 valence electrons. The molecule has 41 heavy (non-hydrogen) atoms. The van der Waals surface area contributed by atoms with Crippen LogP contribution in [0, 0.1) is 17.8 Å². The standard InChI is InChI=1S/C28H18F3N5O2S3/c1-36-16-9-18(40-26(16)27-23(36)13-4-2-3-5-17(13)39-27)21-22-20(34-41-35-22)15(10-32-21)33-19-12-7-6-11(28(29,30)31)8-14(12)24(37)25(19)38/h2-5,9-12,14H,6-8H2,1H3. The number of Topliss-reactive ketones (excluding diaryl/α,β-unsaturated/α-hetero) is 2. The molecular weight excluding hydrogens is 592 g/mol. The molecule has 0 bridgehead atoms. The van der Waals surface area contributed by atoms with Crippen LogP contribution in [0.4, 0.5) is 18.9 Å². The van der Waals surface area contributed by atoms with E-state index in [2.05, 4.69) is 48.5 Å². The third-order valence-corrected chi connectivity index (χ3v) is 11.4. The van der Waals surface area contributed by atoms with E-state index in [1.54, 1.807) is 22.7 Å². The lowest BCUT2D eigenvalue weighted by molar-refractivity contribution is -0.187.